The highest BCUT2D eigenvalue weighted by Crippen LogP contribution is 2.33. The number of hydrogen-bond donors (Lipinski definition) is 2. The molecule has 0 saturated heterocycles. The molecule has 0 spiro atoms. The van der Waals surface area contributed by atoms with Crippen LogP contribution in [0.4, 0.5) is 29.5 Å². The summed E-state index contributed by atoms with van der Waals surface area (Å²) in [7, 11) is 0. The first-order valence-electron chi connectivity index (χ1n) is 9.28. The maximum absolute atomic E-state index is 12.7. The lowest BCUT2D eigenvalue weighted by molar-refractivity contribution is -0.137. The lowest BCUT2D eigenvalue weighted by Gasteiger charge is -2.11. The lowest BCUT2D eigenvalue weighted by Crippen LogP contribution is -2.21. The van der Waals surface area contributed by atoms with E-state index in [1.165, 1.54) is 25.0 Å². The second-order valence-electron chi connectivity index (χ2n) is 7.07. The second kappa shape index (κ2) is 7.62. The summed E-state index contributed by atoms with van der Waals surface area (Å²) >= 11 is 0. The number of halogens is 3. The molecule has 29 heavy (non-hydrogen) atoms. The number of carbonyl (C=O) groups excluding carboxylic acids is 1. The van der Waals surface area contributed by atoms with Gasteiger partial charge in [-0.05, 0) is 61.6 Å². The first-order valence-corrected chi connectivity index (χ1v) is 9.28. The predicted octanol–water partition coefficient (Wildman–Crippen LogP) is 5.49. The van der Waals surface area contributed by atoms with Crippen molar-refractivity contribution in [3.8, 4) is 5.69 Å². The number of aromatic nitrogens is 2. The van der Waals surface area contributed by atoms with E-state index in [1.807, 2.05) is 36.4 Å². The van der Waals surface area contributed by atoms with Crippen molar-refractivity contribution in [3.63, 3.8) is 0 Å². The van der Waals surface area contributed by atoms with E-state index >= 15 is 0 Å². The van der Waals surface area contributed by atoms with Crippen LogP contribution in [-0.4, -0.2) is 15.8 Å². The number of nitrogens with zero attached hydrogens (tertiary/aromatic N) is 2. The summed E-state index contributed by atoms with van der Waals surface area (Å²) in [6, 6.07) is 15.0. The quantitative estimate of drug-likeness (QED) is 0.595. The molecule has 3 aromatic rings. The van der Waals surface area contributed by atoms with Crippen molar-refractivity contribution in [2.24, 2.45) is 5.92 Å². The number of nitrogens with one attached hydrogen (secondary N) is 2. The number of anilines is 2. The Kier molecular flexibility index (Phi) is 5.00. The van der Waals surface area contributed by atoms with Crippen LogP contribution in [0.15, 0.2) is 60.7 Å². The molecule has 0 aliphatic heterocycles. The van der Waals surface area contributed by atoms with Gasteiger partial charge < -0.3 is 5.32 Å². The molecule has 1 aromatic heterocycles. The molecular weight excluding hydrogens is 381 g/mol. The fourth-order valence-corrected chi connectivity index (χ4v) is 3.02. The maximum atomic E-state index is 12.7. The average Bonchev–Trinajstić information content (AvgIpc) is 3.41. The fourth-order valence-electron chi connectivity index (χ4n) is 3.02. The van der Waals surface area contributed by atoms with Gasteiger partial charge in [0.2, 0.25) is 0 Å². The van der Waals surface area contributed by atoms with E-state index in [0.29, 0.717) is 11.7 Å². The van der Waals surface area contributed by atoms with Crippen molar-refractivity contribution in [2.45, 2.75) is 25.4 Å². The maximum Gasteiger partial charge on any atom is 0.416 e. The van der Waals surface area contributed by atoms with Gasteiger partial charge in [0.15, 0.2) is 0 Å². The highest BCUT2D eigenvalue weighted by molar-refractivity contribution is 5.99. The highest BCUT2D eigenvalue weighted by Gasteiger charge is 2.30. The number of rotatable bonds is 5. The zero-order chi connectivity index (χ0) is 20.4. The number of carbonyl (C=O) groups is 1. The SMILES string of the molecule is O=C(Nc1ccc(C(F)(F)F)cc1)Nc1cc(CC2CC2)nn1-c1ccccc1. The Bertz CT molecular complexity index is 993. The molecule has 4 rings (SSSR count). The van der Waals surface area contributed by atoms with Crippen LogP contribution in [0.3, 0.4) is 0 Å². The van der Waals surface area contributed by atoms with E-state index < -0.39 is 17.8 Å². The van der Waals surface area contributed by atoms with Gasteiger partial charge in [0, 0.05) is 11.8 Å². The van der Waals surface area contributed by atoms with Gasteiger partial charge in [-0.1, -0.05) is 18.2 Å². The lowest BCUT2D eigenvalue weighted by atomic mass is 10.2. The van der Waals surface area contributed by atoms with Gasteiger partial charge in [-0.15, -0.1) is 0 Å². The molecular formula is C21H19F3N4O. The van der Waals surface area contributed by atoms with Crippen molar-refractivity contribution < 1.29 is 18.0 Å². The van der Waals surface area contributed by atoms with E-state index in [0.717, 1.165) is 29.9 Å². The molecule has 1 heterocycles. The molecule has 1 saturated carbocycles. The third-order valence-corrected chi connectivity index (χ3v) is 4.67. The summed E-state index contributed by atoms with van der Waals surface area (Å²) in [4.78, 5) is 12.4. The molecule has 0 atom stereocenters. The molecule has 0 bridgehead atoms. The molecule has 8 heteroatoms. The number of alkyl halides is 3. The second-order valence-corrected chi connectivity index (χ2v) is 7.07. The topological polar surface area (TPSA) is 59.0 Å². The monoisotopic (exact) mass is 400 g/mol. The van der Waals surface area contributed by atoms with Gasteiger partial charge in [-0.2, -0.15) is 18.3 Å². The fraction of sp³-hybridized carbons (Fsp3) is 0.238. The number of urea groups is 1. The van der Waals surface area contributed by atoms with Crippen molar-refractivity contribution in [3.05, 3.63) is 71.9 Å². The Balaban J connectivity index is 1.50. The summed E-state index contributed by atoms with van der Waals surface area (Å²) in [5, 5.41) is 9.90. The molecule has 1 aliphatic rings. The van der Waals surface area contributed by atoms with Gasteiger partial charge in [0.1, 0.15) is 5.82 Å². The first kappa shape index (κ1) is 19.0. The van der Waals surface area contributed by atoms with Crippen molar-refractivity contribution in [2.75, 3.05) is 10.6 Å². The van der Waals surface area contributed by atoms with E-state index in [1.54, 1.807) is 4.68 Å². The first-order chi connectivity index (χ1) is 13.9. The third-order valence-electron chi connectivity index (χ3n) is 4.67. The summed E-state index contributed by atoms with van der Waals surface area (Å²) in [6.07, 6.45) is -1.18. The average molecular weight is 400 g/mol. The van der Waals surface area contributed by atoms with Crippen LogP contribution in [0.25, 0.3) is 5.69 Å². The Hall–Kier alpha value is -3.29. The largest absolute Gasteiger partial charge is 0.416 e. The minimum atomic E-state index is -4.42. The summed E-state index contributed by atoms with van der Waals surface area (Å²) in [6.45, 7) is 0. The molecule has 0 unspecified atom stereocenters. The molecule has 1 fully saturated rings. The number of amides is 2. The minimum Gasteiger partial charge on any atom is -0.308 e. The Labute approximate surface area is 165 Å². The summed E-state index contributed by atoms with van der Waals surface area (Å²) < 4.78 is 39.6. The van der Waals surface area contributed by atoms with E-state index in [9.17, 15) is 18.0 Å². The third kappa shape index (κ3) is 4.77. The van der Waals surface area contributed by atoms with Crippen LogP contribution < -0.4 is 10.6 Å². The van der Waals surface area contributed by atoms with E-state index in [-0.39, 0.29) is 5.69 Å². The van der Waals surface area contributed by atoms with Gasteiger partial charge in [-0.3, -0.25) is 5.32 Å². The number of benzene rings is 2. The number of para-hydroxylation sites is 1. The summed E-state index contributed by atoms with van der Waals surface area (Å²) in [5.41, 5.74) is 1.19. The molecule has 0 radical (unpaired) electrons. The standard InChI is InChI=1S/C21H19F3N4O/c22-21(23,24)15-8-10-16(11-9-15)25-20(29)26-19-13-17(12-14-6-7-14)27-28(19)18-4-2-1-3-5-18/h1-5,8-11,13-14H,6-7,12H2,(H2,25,26,29). The van der Waals surface area contributed by atoms with Crippen molar-refractivity contribution in [1.29, 1.82) is 0 Å². The van der Waals surface area contributed by atoms with E-state index in [2.05, 4.69) is 15.7 Å². The van der Waals surface area contributed by atoms with Crippen LogP contribution in [-0.2, 0) is 12.6 Å². The molecule has 2 aromatic carbocycles. The normalized spacial score (nSPS) is 13.9. The predicted molar refractivity (Wildman–Crippen MR) is 104 cm³/mol. The Morgan fingerprint density at radius 1 is 1.03 bits per heavy atom. The van der Waals surface area contributed by atoms with Crippen LogP contribution in [0, 0.1) is 5.92 Å². The van der Waals surface area contributed by atoms with Crippen LogP contribution >= 0.6 is 0 Å². The molecule has 5 nitrogen and oxygen atoms in total. The van der Waals surface area contributed by atoms with Gasteiger partial charge in [0.05, 0.1) is 16.9 Å². The van der Waals surface area contributed by atoms with E-state index in [4.69, 9.17) is 0 Å². The van der Waals surface area contributed by atoms with Crippen LogP contribution in [0.5, 0.6) is 0 Å². The van der Waals surface area contributed by atoms with Crippen molar-refractivity contribution >= 4 is 17.5 Å². The van der Waals surface area contributed by atoms with Crippen LogP contribution in [0.1, 0.15) is 24.1 Å². The zero-order valence-electron chi connectivity index (χ0n) is 15.4. The van der Waals surface area contributed by atoms with Crippen molar-refractivity contribution in [1.82, 2.24) is 9.78 Å². The van der Waals surface area contributed by atoms with Gasteiger partial charge in [-0.25, -0.2) is 9.48 Å². The molecule has 1 aliphatic carbocycles. The number of hydrogen-bond acceptors (Lipinski definition) is 2. The minimum absolute atomic E-state index is 0.263. The molecule has 2 amide bonds. The Morgan fingerprint density at radius 2 is 1.72 bits per heavy atom. The summed E-state index contributed by atoms with van der Waals surface area (Å²) in [5.74, 6) is 1.14. The highest BCUT2D eigenvalue weighted by atomic mass is 19.4. The smallest absolute Gasteiger partial charge is 0.308 e. The zero-order valence-corrected chi connectivity index (χ0v) is 15.4. The Morgan fingerprint density at radius 3 is 2.34 bits per heavy atom. The molecule has 150 valence electrons. The van der Waals surface area contributed by atoms with Gasteiger partial charge in [0.25, 0.3) is 0 Å². The van der Waals surface area contributed by atoms with Crippen LogP contribution in [0.2, 0.25) is 0 Å². The van der Waals surface area contributed by atoms with Gasteiger partial charge >= 0.3 is 12.2 Å². The molecule has 2 N–H and O–H groups in total.